The van der Waals surface area contributed by atoms with Crippen LogP contribution in [0.3, 0.4) is 0 Å². The molecule has 1 saturated carbocycles. The van der Waals surface area contributed by atoms with Crippen LogP contribution >= 0.6 is 11.6 Å². The molecule has 1 aliphatic carbocycles. The molecule has 22 heavy (non-hydrogen) atoms. The summed E-state index contributed by atoms with van der Waals surface area (Å²) in [6, 6.07) is 17.1. The summed E-state index contributed by atoms with van der Waals surface area (Å²) in [5.74, 6) is -0.222. The predicted octanol–water partition coefficient (Wildman–Crippen LogP) is 4.34. The van der Waals surface area contributed by atoms with E-state index in [9.17, 15) is 10.1 Å². The maximum atomic E-state index is 11.8. The average molecular weight is 311 g/mol. The fourth-order valence-corrected chi connectivity index (χ4v) is 2.69. The molecule has 0 spiro atoms. The summed E-state index contributed by atoms with van der Waals surface area (Å²) >= 11 is 6.33. The number of carbonyl (C=O) groups excluding carboxylic acids is 1. The van der Waals surface area contributed by atoms with Crippen LogP contribution < -0.4 is 5.32 Å². The molecule has 1 atom stereocenters. The zero-order valence-corrected chi connectivity index (χ0v) is 12.7. The van der Waals surface area contributed by atoms with E-state index >= 15 is 0 Å². The number of hydrogen-bond donors (Lipinski definition) is 1. The summed E-state index contributed by atoms with van der Waals surface area (Å²) in [7, 11) is 0. The SMILES string of the molecule is N#C[C@@H](c1ccccc1)c1ccc(NC(=O)C2CC2)cc1Cl. The highest BCUT2D eigenvalue weighted by molar-refractivity contribution is 6.31. The summed E-state index contributed by atoms with van der Waals surface area (Å²) in [6.45, 7) is 0. The van der Waals surface area contributed by atoms with Crippen molar-refractivity contribution in [2.75, 3.05) is 5.32 Å². The van der Waals surface area contributed by atoms with E-state index in [-0.39, 0.29) is 11.8 Å². The first-order valence-electron chi connectivity index (χ1n) is 7.24. The Bertz CT molecular complexity index is 732. The van der Waals surface area contributed by atoms with Gasteiger partial charge in [0.15, 0.2) is 0 Å². The van der Waals surface area contributed by atoms with Gasteiger partial charge in [-0.25, -0.2) is 0 Å². The zero-order chi connectivity index (χ0) is 15.5. The molecule has 1 fully saturated rings. The average Bonchev–Trinajstić information content (AvgIpc) is 3.36. The summed E-state index contributed by atoms with van der Waals surface area (Å²) in [5.41, 5.74) is 2.33. The van der Waals surface area contributed by atoms with Gasteiger partial charge in [0, 0.05) is 16.6 Å². The number of amides is 1. The van der Waals surface area contributed by atoms with Crippen LogP contribution in [0.2, 0.25) is 5.02 Å². The number of hydrogen-bond acceptors (Lipinski definition) is 2. The number of nitrogens with zero attached hydrogens (tertiary/aromatic N) is 1. The van der Waals surface area contributed by atoms with Gasteiger partial charge >= 0.3 is 0 Å². The van der Waals surface area contributed by atoms with Crippen molar-refractivity contribution in [2.24, 2.45) is 5.92 Å². The van der Waals surface area contributed by atoms with Crippen molar-refractivity contribution in [3.8, 4) is 6.07 Å². The Hall–Kier alpha value is -2.31. The van der Waals surface area contributed by atoms with Crippen molar-refractivity contribution in [1.82, 2.24) is 0 Å². The van der Waals surface area contributed by atoms with E-state index in [2.05, 4.69) is 11.4 Å². The Morgan fingerprint density at radius 3 is 2.55 bits per heavy atom. The number of nitriles is 1. The van der Waals surface area contributed by atoms with Gasteiger partial charge in [0.25, 0.3) is 0 Å². The molecule has 110 valence electrons. The fraction of sp³-hybridized carbons (Fsp3) is 0.222. The Kier molecular flexibility index (Phi) is 4.13. The lowest BCUT2D eigenvalue weighted by atomic mass is 9.92. The second-order valence-corrected chi connectivity index (χ2v) is 5.88. The van der Waals surface area contributed by atoms with Crippen LogP contribution in [-0.4, -0.2) is 5.91 Å². The third kappa shape index (κ3) is 3.13. The van der Waals surface area contributed by atoms with Gasteiger partial charge in [-0.2, -0.15) is 5.26 Å². The standard InChI is InChI=1S/C18H15ClN2O/c19-17-10-14(21-18(22)13-6-7-13)8-9-15(17)16(11-20)12-4-2-1-3-5-12/h1-5,8-10,13,16H,6-7H2,(H,21,22)/t16-/m0/s1. The van der Waals surface area contributed by atoms with Crippen LogP contribution in [0.1, 0.15) is 29.9 Å². The molecular formula is C18H15ClN2O. The number of benzene rings is 2. The minimum atomic E-state index is -0.415. The van der Waals surface area contributed by atoms with Crippen molar-refractivity contribution < 1.29 is 4.79 Å². The van der Waals surface area contributed by atoms with E-state index in [1.165, 1.54) is 0 Å². The number of nitrogens with one attached hydrogen (secondary N) is 1. The molecule has 0 unspecified atom stereocenters. The first-order valence-corrected chi connectivity index (χ1v) is 7.61. The summed E-state index contributed by atoms with van der Waals surface area (Å²) in [4.78, 5) is 11.8. The molecule has 2 aromatic carbocycles. The number of halogens is 1. The third-order valence-electron chi connectivity index (χ3n) is 3.79. The third-order valence-corrected chi connectivity index (χ3v) is 4.12. The summed E-state index contributed by atoms with van der Waals surface area (Å²) in [6.07, 6.45) is 1.92. The summed E-state index contributed by atoms with van der Waals surface area (Å²) < 4.78 is 0. The molecule has 3 rings (SSSR count). The van der Waals surface area contributed by atoms with Crippen molar-refractivity contribution >= 4 is 23.2 Å². The quantitative estimate of drug-likeness (QED) is 0.913. The smallest absolute Gasteiger partial charge is 0.227 e. The van der Waals surface area contributed by atoms with Crippen molar-refractivity contribution in [2.45, 2.75) is 18.8 Å². The highest BCUT2D eigenvalue weighted by atomic mass is 35.5. The Morgan fingerprint density at radius 2 is 1.95 bits per heavy atom. The second kappa shape index (κ2) is 6.21. The van der Waals surface area contributed by atoms with Gasteiger partial charge in [-0.1, -0.05) is 48.0 Å². The number of carbonyl (C=O) groups is 1. The zero-order valence-electron chi connectivity index (χ0n) is 11.9. The van der Waals surface area contributed by atoms with Crippen LogP contribution in [0, 0.1) is 17.2 Å². The molecule has 1 N–H and O–H groups in total. The second-order valence-electron chi connectivity index (χ2n) is 5.47. The minimum Gasteiger partial charge on any atom is -0.326 e. The van der Waals surface area contributed by atoms with Crippen molar-refractivity contribution in [1.29, 1.82) is 5.26 Å². The molecule has 0 heterocycles. The van der Waals surface area contributed by atoms with Crippen molar-refractivity contribution in [3.63, 3.8) is 0 Å². The van der Waals surface area contributed by atoms with Crippen LogP contribution in [0.25, 0.3) is 0 Å². The first-order chi connectivity index (χ1) is 10.7. The lowest BCUT2D eigenvalue weighted by molar-refractivity contribution is -0.117. The number of anilines is 1. The molecule has 0 saturated heterocycles. The van der Waals surface area contributed by atoms with Crippen LogP contribution in [0.4, 0.5) is 5.69 Å². The monoisotopic (exact) mass is 310 g/mol. The normalized spacial score (nSPS) is 14.9. The van der Waals surface area contributed by atoms with Crippen LogP contribution in [0.15, 0.2) is 48.5 Å². The fourth-order valence-electron chi connectivity index (χ4n) is 2.40. The molecule has 1 amide bonds. The minimum absolute atomic E-state index is 0.0451. The van der Waals surface area contributed by atoms with Gasteiger partial charge in [-0.15, -0.1) is 0 Å². The van der Waals surface area contributed by atoms with Gasteiger partial charge < -0.3 is 5.32 Å². The molecule has 0 bridgehead atoms. The Morgan fingerprint density at radius 1 is 1.23 bits per heavy atom. The topological polar surface area (TPSA) is 52.9 Å². The van der Waals surface area contributed by atoms with Crippen LogP contribution in [0.5, 0.6) is 0 Å². The molecule has 0 aromatic heterocycles. The van der Waals surface area contributed by atoms with Gasteiger partial charge in [0.2, 0.25) is 5.91 Å². The van der Waals surface area contributed by atoms with Gasteiger partial charge in [-0.05, 0) is 36.1 Å². The van der Waals surface area contributed by atoms with Crippen molar-refractivity contribution in [3.05, 3.63) is 64.7 Å². The van der Waals surface area contributed by atoms with E-state index in [0.717, 1.165) is 24.0 Å². The largest absolute Gasteiger partial charge is 0.326 e. The van der Waals surface area contributed by atoms with E-state index in [1.807, 2.05) is 36.4 Å². The van der Waals surface area contributed by atoms with E-state index < -0.39 is 5.92 Å². The lowest BCUT2D eigenvalue weighted by Crippen LogP contribution is -2.13. The lowest BCUT2D eigenvalue weighted by Gasteiger charge is -2.13. The summed E-state index contributed by atoms with van der Waals surface area (Å²) in [5, 5.41) is 12.8. The van der Waals surface area contributed by atoms with E-state index in [4.69, 9.17) is 11.6 Å². The maximum Gasteiger partial charge on any atom is 0.227 e. The Labute approximate surface area is 134 Å². The highest BCUT2D eigenvalue weighted by Gasteiger charge is 2.29. The molecule has 1 aliphatic rings. The van der Waals surface area contributed by atoms with Crippen LogP contribution in [-0.2, 0) is 4.79 Å². The molecule has 4 heteroatoms. The molecule has 2 aromatic rings. The molecule has 0 radical (unpaired) electrons. The van der Waals surface area contributed by atoms with E-state index in [1.54, 1.807) is 12.1 Å². The molecule has 3 nitrogen and oxygen atoms in total. The predicted molar refractivity (Wildman–Crippen MR) is 86.7 cm³/mol. The highest BCUT2D eigenvalue weighted by Crippen LogP contribution is 2.33. The van der Waals surface area contributed by atoms with E-state index in [0.29, 0.717) is 10.7 Å². The first kappa shape index (κ1) is 14.6. The molecule has 0 aliphatic heterocycles. The number of rotatable bonds is 4. The van der Waals surface area contributed by atoms with Gasteiger partial charge in [-0.3, -0.25) is 4.79 Å². The maximum absolute atomic E-state index is 11.8. The van der Waals surface area contributed by atoms with Gasteiger partial charge in [0.1, 0.15) is 0 Å². The van der Waals surface area contributed by atoms with Gasteiger partial charge in [0.05, 0.1) is 12.0 Å². The Balaban J connectivity index is 1.85. The molecular weight excluding hydrogens is 296 g/mol.